The topological polar surface area (TPSA) is 51.4 Å². The van der Waals surface area contributed by atoms with E-state index in [2.05, 4.69) is 22.9 Å². The number of aromatic nitrogens is 1. The van der Waals surface area contributed by atoms with Crippen LogP contribution in [0.2, 0.25) is 0 Å². The molecule has 0 radical (unpaired) electrons. The third kappa shape index (κ3) is 2.93. The summed E-state index contributed by atoms with van der Waals surface area (Å²) in [6, 6.07) is 6.89. The molecule has 4 heteroatoms. The number of rotatable bonds is 4. The maximum Gasteiger partial charge on any atom is 0.214 e. The van der Waals surface area contributed by atoms with E-state index in [-0.39, 0.29) is 0 Å². The van der Waals surface area contributed by atoms with E-state index in [9.17, 15) is 0 Å². The van der Waals surface area contributed by atoms with Crippen molar-refractivity contribution in [3.05, 3.63) is 18.2 Å². The van der Waals surface area contributed by atoms with Gasteiger partial charge in [0.2, 0.25) is 5.88 Å². The smallest absolute Gasteiger partial charge is 0.214 e. The predicted molar refractivity (Wildman–Crippen MR) is 74.0 cm³/mol. The largest absolute Gasteiger partial charge is 0.481 e. The van der Waals surface area contributed by atoms with Crippen molar-refractivity contribution in [1.82, 2.24) is 4.98 Å². The Morgan fingerprint density at radius 1 is 1.33 bits per heavy atom. The highest BCUT2D eigenvalue weighted by Crippen LogP contribution is 2.26. The van der Waals surface area contributed by atoms with Gasteiger partial charge in [0, 0.05) is 24.7 Å². The summed E-state index contributed by atoms with van der Waals surface area (Å²) in [6.45, 7) is 3.15. The van der Waals surface area contributed by atoms with Crippen molar-refractivity contribution in [2.24, 2.45) is 5.73 Å². The van der Waals surface area contributed by atoms with Crippen LogP contribution in [0.5, 0.6) is 5.88 Å². The van der Waals surface area contributed by atoms with Crippen LogP contribution in [0.15, 0.2) is 18.2 Å². The molecule has 1 saturated carbocycles. The van der Waals surface area contributed by atoms with Crippen LogP contribution in [0.25, 0.3) is 0 Å². The molecule has 4 nitrogen and oxygen atoms in total. The molecule has 1 aromatic heterocycles. The average Bonchev–Trinajstić information content (AvgIpc) is 2.42. The molecule has 0 spiro atoms. The molecule has 0 aromatic carbocycles. The molecule has 2 N–H and O–H groups in total. The molecule has 1 aliphatic rings. The van der Waals surface area contributed by atoms with Crippen molar-refractivity contribution < 1.29 is 4.74 Å². The zero-order valence-corrected chi connectivity index (χ0v) is 11.3. The van der Waals surface area contributed by atoms with Gasteiger partial charge in [0.1, 0.15) is 5.82 Å². The Kier molecular flexibility index (Phi) is 4.42. The Morgan fingerprint density at radius 3 is 2.67 bits per heavy atom. The van der Waals surface area contributed by atoms with Crippen molar-refractivity contribution in [1.29, 1.82) is 0 Å². The minimum atomic E-state index is 0.387. The Morgan fingerprint density at radius 2 is 2.06 bits per heavy atom. The molecular formula is C14H23N3O. The maximum atomic E-state index is 5.97. The number of nitrogens with zero attached hydrogens (tertiary/aromatic N) is 2. The van der Waals surface area contributed by atoms with E-state index in [1.165, 1.54) is 0 Å². The molecule has 0 bridgehead atoms. The van der Waals surface area contributed by atoms with Crippen LogP contribution in [0, 0.1) is 0 Å². The normalized spacial score (nSPS) is 23.7. The zero-order chi connectivity index (χ0) is 13.0. The molecule has 1 aromatic rings. The van der Waals surface area contributed by atoms with E-state index in [1.54, 1.807) is 7.11 Å². The van der Waals surface area contributed by atoms with E-state index in [0.29, 0.717) is 18.0 Å². The van der Waals surface area contributed by atoms with E-state index < -0.39 is 0 Å². The number of hydrogen-bond donors (Lipinski definition) is 1. The molecule has 1 aliphatic carbocycles. The van der Waals surface area contributed by atoms with Gasteiger partial charge < -0.3 is 15.4 Å². The molecule has 1 heterocycles. The molecule has 1 fully saturated rings. The van der Waals surface area contributed by atoms with Crippen LogP contribution in [0.4, 0.5) is 5.82 Å². The highest BCUT2D eigenvalue weighted by molar-refractivity contribution is 5.41. The van der Waals surface area contributed by atoms with E-state index in [4.69, 9.17) is 10.5 Å². The quantitative estimate of drug-likeness (QED) is 0.888. The van der Waals surface area contributed by atoms with Gasteiger partial charge in [0.25, 0.3) is 0 Å². The van der Waals surface area contributed by atoms with E-state index >= 15 is 0 Å². The molecular weight excluding hydrogens is 226 g/mol. The summed E-state index contributed by atoms with van der Waals surface area (Å²) in [5.74, 6) is 1.69. The van der Waals surface area contributed by atoms with Crippen LogP contribution in [0.1, 0.15) is 32.6 Å². The number of ether oxygens (including phenoxy) is 1. The van der Waals surface area contributed by atoms with Crippen LogP contribution in [-0.2, 0) is 0 Å². The summed E-state index contributed by atoms with van der Waals surface area (Å²) in [7, 11) is 1.65. The van der Waals surface area contributed by atoms with Crippen LogP contribution in [0.3, 0.4) is 0 Å². The lowest BCUT2D eigenvalue weighted by Gasteiger charge is -2.36. The molecule has 2 rings (SSSR count). The molecule has 0 unspecified atom stereocenters. The minimum absolute atomic E-state index is 0.387. The fourth-order valence-corrected chi connectivity index (χ4v) is 2.70. The summed E-state index contributed by atoms with van der Waals surface area (Å²) in [5, 5.41) is 0. The van der Waals surface area contributed by atoms with Gasteiger partial charge in [-0.1, -0.05) is 6.07 Å². The average molecular weight is 249 g/mol. The molecule has 100 valence electrons. The first-order valence-corrected chi connectivity index (χ1v) is 6.78. The summed E-state index contributed by atoms with van der Waals surface area (Å²) < 4.78 is 5.20. The summed E-state index contributed by atoms with van der Waals surface area (Å²) in [4.78, 5) is 6.90. The first kappa shape index (κ1) is 13.1. The second kappa shape index (κ2) is 6.05. The van der Waals surface area contributed by atoms with Crippen molar-refractivity contribution in [2.75, 3.05) is 18.6 Å². The second-order valence-corrected chi connectivity index (χ2v) is 4.89. The molecule has 0 amide bonds. The van der Waals surface area contributed by atoms with Crippen molar-refractivity contribution in [3.63, 3.8) is 0 Å². The highest BCUT2D eigenvalue weighted by Gasteiger charge is 2.24. The maximum absolute atomic E-state index is 5.97. The van der Waals surface area contributed by atoms with Crippen molar-refractivity contribution >= 4 is 5.82 Å². The Bertz CT molecular complexity index is 375. The van der Waals surface area contributed by atoms with Crippen molar-refractivity contribution in [3.8, 4) is 5.88 Å². The fourth-order valence-electron chi connectivity index (χ4n) is 2.70. The highest BCUT2D eigenvalue weighted by atomic mass is 16.5. The number of hydrogen-bond acceptors (Lipinski definition) is 4. The summed E-state index contributed by atoms with van der Waals surface area (Å²) >= 11 is 0. The monoisotopic (exact) mass is 249 g/mol. The van der Waals surface area contributed by atoms with Gasteiger partial charge in [-0.15, -0.1) is 0 Å². The Hall–Kier alpha value is -1.29. The Balaban J connectivity index is 2.11. The van der Waals surface area contributed by atoms with Gasteiger partial charge in [-0.25, -0.2) is 0 Å². The fraction of sp³-hybridized carbons (Fsp3) is 0.643. The number of methoxy groups -OCH3 is 1. The lowest BCUT2D eigenvalue weighted by Crippen LogP contribution is -2.41. The standard InChI is InChI=1S/C14H23N3O/c1-3-17(12-9-7-11(15)8-10-12)13-5-4-6-14(16-13)18-2/h4-6,11-12H,3,7-10,15H2,1-2H3. The second-order valence-electron chi connectivity index (χ2n) is 4.89. The predicted octanol–water partition coefficient (Wildman–Crippen LogP) is 2.19. The molecule has 0 atom stereocenters. The van der Waals surface area contributed by atoms with Gasteiger partial charge in [-0.05, 0) is 38.7 Å². The van der Waals surface area contributed by atoms with Gasteiger partial charge in [-0.3, -0.25) is 0 Å². The first-order chi connectivity index (χ1) is 8.74. The van der Waals surface area contributed by atoms with Crippen LogP contribution >= 0.6 is 0 Å². The van der Waals surface area contributed by atoms with Gasteiger partial charge >= 0.3 is 0 Å². The van der Waals surface area contributed by atoms with Gasteiger partial charge in [0.15, 0.2) is 0 Å². The number of pyridine rings is 1. The van der Waals surface area contributed by atoms with E-state index in [0.717, 1.165) is 38.0 Å². The lowest BCUT2D eigenvalue weighted by molar-refractivity contribution is 0.373. The van der Waals surface area contributed by atoms with Crippen LogP contribution in [-0.4, -0.2) is 30.7 Å². The number of nitrogens with two attached hydrogens (primary N) is 1. The summed E-state index contributed by atoms with van der Waals surface area (Å²) in [5.41, 5.74) is 5.97. The SMILES string of the molecule is CCN(c1cccc(OC)n1)C1CCC(N)CC1. The molecule has 0 aliphatic heterocycles. The molecule has 18 heavy (non-hydrogen) atoms. The van der Waals surface area contributed by atoms with Crippen molar-refractivity contribution in [2.45, 2.75) is 44.7 Å². The summed E-state index contributed by atoms with van der Waals surface area (Å²) in [6.07, 6.45) is 4.55. The lowest BCUT2D eigenvalue weighted by atomic mass is 9.90. The Labute approximate surface area is 109 Å². The van der Waals surface area contributed by atoms with Gasteiger partial charge in [0.05, 0.1) is 7.11 Å². The first-order valence-electron chi connectivity index (χ1n) is 6.78. The number of anilines is 1. The third-order valence-electron chi connectivity index (χ3n) is 3.74. The zero-order valence-electron chi connectivity index (χ0n) is 11.3. The van der Waals surface area contributed by atoms with Crippen LogP contribution < -0.4 is 15.4 Å². The van der Waals surface area contributed by atoms with E-state index in [1.807, 2.05) is 12.1 Å². The van der Waals surface area contributed by atoms with Gasteiger partial charge in [-0.2, -0.15) is 4.98 Å². The third-order valence-corrected chi connectivity index (χ3v) is 3.74. The minimum Gasteiger partial charge on any atom is -0.481 e. The molecule has 0 saturated heterocycles.